The number of rotatable bonds is 52. The lowest BCUT2D eigenvalue weighted by atomic mass is 10.1. The van der Waals surface area contributed by atoms with Crippen molar-refractivity contribution in [1.82, 2.24) is 0 Å². The topological polar surface area (TPSA) is 78.9 Å². The zero-order chi connectivity index (χ0) is 51.4. The van der Waals surface area contributed by atoms with Gasteiger partial charge in [0.1, 0.15) is 13.2 Å². The van der Waals surface area contributed by atoms with Crippen molar-refractivity contribution in [1.29, 1.82) is 0 Å². The SMILES string of the molecule is CCCCC/C=C/C/C=C/C/C=C/C/C=C/CCCCCC(=O)OC[C@@H](COC(=O)CCCCCCCCC/C=C/CCCCCC)OC(=O)CCCCC/C=C/C/C=C/C/C=C/C/C=C/CCCCC. The van der Waals surface area contributed by atoms with Gasteiger partial charge >= 0.3 is 17.9 Å². The van der Waals surface area contributed by atoms with E-state index in [9.17, 15) is 14.4 Å². The minimum absolute atomic E-state index is 0.105. The third-order valence-corrected chi connectivity index (χ3v) is 12.2. The van der Waals surface area contributed by atoms with E-state index in [1.807, 2.05) is 0 Å². The lowest BCUT2D eigenvalue weighted by molar-refractivity contribution is -0.167. The van der Waals surface area contributed by atoms with Crippen LogP contribution in [0.25, 0.3) is 0 Å². The summed E-state index contributed by atoms with van der Waals surface area (Å²) in [7, 11) is 0. The number of hydrogen-bond acceptors (Lipinski definition) is 6. The molecule has 0 rings (SSSR count). The molecule has 6 heteroatoms. The van der Waals surface area contributed by atoms with E-state index < -0.39 is 6.10 Å². The molecule has 1 atom stereocenters. The predicted molar refractivity (Wildman–Crippen MR) is 307 cm³/mol. The van der Waals surface area contributed by atoms with Gasteiger partial charge in [0.15, 0.2) is 6.10 Å². The first kappa shape index (κ1) is 67.1. The van der Waals surface area contributed by atoms with Crippen LogP contribution in [0.3, 0.4) is 0 Å². The maximum atomic E-state index is 12.9. The first-order chi connectivity index (χ1) is 35.0. The van der Waals surface area contributed by atoms with Crippen LogP contribution in [-0.4, -0.2) is 37.2 Å². The summed E-state index contributed by atoms with van der Waals surface area (Å²) in [6, 6.07) is 0. The van der Waals surface area contributed by atoms with E-state index in [0.717, 1.165) is 109 Å². The van der Waals surface area contributed by atoms with Crippen molar-refractivity contribution in [3.05, 3.63) is 109 Å². The number of carbonyl (C=O) groups is 3. The van der Waals surface area contributed by atoms with E-state index in [0.29, 0.717) is 12.8 Å². The van der Waals surface area contributed by atoms with Crippen molar-refractivity contribution in [2.24, 2.45) is 0 Å². The Morgan fingerprint density at radius 2 is 0.507 bits per heavy atom. The second-order valence-corrected chi connectivity index (χ2v) is 19.2. The zero-order valence-electron chi connectivity index (χ0n) is 46.2. The molecule has 404 valence electrons. The van der Waals surface area contributed by atoms with E-state index >= 15 is 0 Å². The normalized spacial score (nSPS) is 12.9. The van der Waals surface area contributed by atoms with Crippen LogP contribution in [0.4, 0.5) is 0 Å². The van der Waals surface area contributed by atoms with Gasteiger partial charge in [0.05, 0.1) is 0 Å². The summed E-state index contributed by atoms with van der Waals surface area (Å²) in [5, 5.41) is 0. The number of hydrogen-bond donors (Lipinski definition) is 0. The monoisotopic (exact) mass is 985 g/mol. The van der Waals surface area contributed by atoms with E-state index in [1.54, 1.807) is 0 Å². The third-order valence-electron chi connectivity index (χ3n) is 12.2. The molecule has 0 radical (unpaired) electrons. The van der Waals surface area contributed by atoms with E-state index in [2.05, 4.69) is 130 Å². The standard InChI is InChI=1S/C65H108O6/c1-4-7-10-13-16-19-22-25-28-30-32-34-37-40-43-46-49-52-55-58-64(67)70-61-62(60-69-63(66)57-54-51-48-45-42-39-36-27-24-21-18-15-12-9-6-3)71-65(68)59-56-53-50-47-44-41-38-35-33-31-29-26-23-20-17-14-11-8-5-2/h16-17,19-21,24-26,28-29,32-35,40-41,43-44,62H,4-15,18,22-23,27,30-31,36-39,42,45-61H2,1-3H3/b19-16+,20-17+,24-21+,28-25+,29-26+,34-32+,35-33+,43-40+,44-41+/t62-/m1/s1. The number of ether oxygens (including phenoxy) is 3. The molecule has 0 saturated carbocycles. The highest BCUT2D eigenvalue weighted by atomic mass is 16.6. The van der Waals surface area contributed by atoms with E-state index in [-0.39, 0.29) is 37.5 Å². The van der Waals surface area contributed by atoms with Gasteiger partial charge in [0.2, 0.25) is 0 Å². The van der Waals surface area contributed by atoms with Crippen molar-refractivity contribution in [3.8, 4) is 0 Å². The summed E-state index contributed by atoms with van der Waals surface area (Å²) in [5.41, 5.74) is 0. The van der Waals surface area contributed by atoms with E-state index in [1.165, 1.54) is 116 Å². The van der Waals surface area contributed by atoms with Gasteiger partial charge in [-0.05, 0) is 135 Å². The second kappa shape index (κ2) is 58.6. The molecule has 0 aromatic carbocycles. The smallest absolute Gasteiger partial charge is 0.306 e. The largest absolute Gasteiger partial charge is 0.462 e. The molecule has 0 aromatic rings. The molecule has 0 aliphatic carbocycles. The maximum Gasteiger partial charge on any atom is 0.306 e. The Labute approximate surface area is 438 Å². The lowest BCUT2D eigenvalue weighted by Gasteiger charge is -2.18. The van der Waals surface area contributed by atoms with Crippen molar-refractivity contribution < 1.29 is 28.6 Å². The third kappa shape index (κ3) is 56.9. The van der Waals surface area contributed by atoms with E-state index in [4.69, 9.17) is 14.2 Å². The summed E-state index contributed by atoms with van der Waals surface area (Å²) >= 11 is 0. The molecule has 0 bridgehead atoms. The van der Waals surface area contributed by atoms with Crippen LogP contribution in [0.15, 0.2) is 109 Å². The Morgan fingerprint density at radius 3 is 0.845 bits per heavy atom. The van der Waals surface area contributed by atoms with Crippen LogP contribution >= 0.6 is 0 Å². The van der Waals surface area contributed by atoms with Gasteiger partial charge in [-0.2, -0.15) is 0 Å². The first-order valence-electron chi connectivity index (χ1n) is 29.4. The van der Waals surface area contributed by atoms with Crippen LogP contribution in [0.5, 0.6) is 0 Å². The van der Waals surface area contributed by atoms with Gasteiger partial charge < -0.3 is 14.2 Å². The highest BCUT2D eigenvalue weighted by Crippen LogP contribution is 2.13. The fourth-order valence-corrected chi connectivity index (χ4v) is 7.76. The fourth-order valence-electron chi connectivity index (χ4n) is 7.76. The molecule has 0 spiro atoms. The number of esters is 3. The van der Waals surface area contributed by atoms with Gasteiger partial charge in [-0.1, -0.05) is 220 Å². The summed E-state index contributed by atoms with van der Waals surface area (Å²) in [6.45, 7) is 6.52. The van der Waals surface area contributed by atoms with Crippen LogP contribution in [0.2, 0.25) is 0 Å². The molecule has 0 amide bonds. The molecule has 0 aliphatic heterocycles. The first-order valence-corrected chi connectivity index (χ1v) is 29.4. The Bertz CT molecular complexity index is 1460. The second-order valence-electron chi connectivity index (χ2n) is 19.2. The summed E-state index contributed by atoms with van der Waals surface area (Å²) in [4.78, 5) is 38.2. The van der Waals surface area contributed by atoms with Crippen LogP contribution in [0, 0.1) is 0 Å². The highest BCUT2D eigenvalue weighted by molar-refractivity contribution is 5.71. The molecule has 0 unspecified atom stereocenters. The molecule has 6 nitrogen and oxygen atoms in total. The van der Waals surface area contributed by atoms with Crippen LogP contribution in [0.1, 0.15) is 265 Å². The Hall–Kier alpha value is -3.93. The summed E-state index contributed by atoms with van der Waals surface area (Å²) < 4.78 is 16.8. The van der Waals surface area contributed by atoms with Crippen molar-refractivity contribution in [2.45, 2.75) is 271 Å². The van der Waals surface area contributed by atoms with Crippen LogP contribution in [-0.2, 0) is 28.6 Å². The quantitative estimate of drug-likeness (QED) is 0.0261. The maximum absolute atomic E-state index is 12.9. The molecule has 71 heavy (non-hydrogen) atoms. The molecule has 0 aromatic heterocycles. The zero-order valence-corrected chi connectivity index (χ0v) is 46.2. The van der Waals surface area contributed by atoms with Gasteiger partial charge in [-0.25, -0.2) is 0 Å². The molecular formula is C65H108O6. The van der Waals surface area contributed by atoms with Gasteiger partial charge in [0.25, 0.3) is 0 Å². The van der Waals surface area contributed by atoms with Crippen molar-refractivity contribution >= 4 is 17.9 Å². The highest BCUT2D eigenvalue weighted by Gasteiger charge is 2.19. The van der Waals surface area contributed by atoms with Gasteiger partial charge in [-0.15, -0.1) is 0 Å². The van der Waals surface area contributed by atoms with Crippen LogP contribution < -0.4 is 0 Å². The Balaban J connectivity index is 4.53. The van der Waals surface area contributed by atoms with Crippen molar-refractivity contribution in [2.75, 3.05) is 13.2 Å². The number of unbranched alkanes of at least 4 members (excludes halogenated alkanes) is 23. The molecule has 0 fully saturated rings. The predicted octanol–water partition coefficient (Wildman–Crippen LogP) is 19.9. The average Bonchev–Trinajstić information content (AvgIpc) is 3.37. The molecular weight excluding hydrogens is 877 g/mol. The lowest BCUT2D eigenvalue weighted by Crippen LogP contribution is -2.30. The Morgan fingerprint density at radius 1 is 0.282 bits per heavy atom. The minimum Gasteiger partial charge on any atom is -0.462 e. The fraction of sp³-hybridized carbons (Fsp3) is 0.677. The van der Waals surface area contributed by atoms with Gasteiger partial charge in [0, 0.05) is 19.3 Å². The average molecular weight is 986 g/mol. The van der Waals surface area contributed by atoms with Gasteiger partial charge in [-0.3, -0.25) is 14.4 Å². The molecule has 0 N–H and O–H groups in total. The Kier molecular flexibility index (Phi) is 55.4. The summed E-state index contributed by atoms with van der Waals surface area (Å²) in [5.74, 6) is -0.971. The summed E-state index contributed by atoms with van der Waals surface area (Å²) in [6.07, 6.45) is 79.3. The molecule has 0 heterocycles. The minimum atomic E-state index is -0.813. The number of allylic oxidation sites excluding steroid dienone is 18. The van der Waals surface area contributed by atoms with Crippen molar-refractivity contribution in [3.63, 3.8) is 0 Å². The molecule has 0 saturated heterocycles. The molecule has 0 aliphatic rings. The number of carbonyl (C=O) groups excluding carboxylic acids is 3.